The molecule has 1 aliphatic heterocycles. The van der Waals surface area contributed by atoms with Crippen LogP contribution in [-0.4, -0.2) is 51.0 Å². The molecule has 1 aliphatic rings. The zero-order valence-corrected chi connectivity index (χ0v) is 18.0. The number of carbonyl (C=O) groups is 2. The highest BCUT2D eigenvalue weighted by molar-refractivity contribution is 7.93. The van der Waals surface area contributed by atoms with E-state index in [0.29, 0.717) is 29.4 Å². The molecule has 9 heteroatoms. The van der Waals surface area contributed by atoms with Crippen molar-refractivity contribution in [1.82, 2.24) is 4.90 Å². The number of sulfonamides is 1. The summed E-state index contributed by atoms with van der Waals surface area (Å²) in [4.78, 5) is 25.7. The topological polar surface area (TPSA) is 86.8 Å². The van der Waals surface area contributed by atoms with Crippen molar-refractivity contribution in [1.29, 1.82) is 0 Å². The molecule has 0 bridgehead atoms. The molecule has 2 amide bonds. The number of halogens is 1. The van der Waals surface area contributed by atoms with Crippen molar-refractivity contribution in [3.8, 4) is 0 Å². The standard InChI is InChI=1S/C21H22ClN3O4S/c1-24(15-20(26)23-19-6-3-2-5-18(19)22)21(27)12-9-16-7-10-17(11-8-16)25-13-4-14-30(25,28)29/h2-3,5-12H,4,13-15H2,1H3,(H,23,26)/b12-9+. The van der Waals surface area contributed by atoms with Crippen molar-refractivity contribution >= 4 is 50.9 Å². The second-order valence-corrected chi connectivity index (χ2v) is 9.31. The molecule has 0 spiro atoms. The van der Waals surface area contributed by atoms with Gasteiger partial charge in [-0.05, 0) is 42.3 Å². The molecule has 30 heavy (non-hydrogen) atoms. The zero-order chi connectivity index (χ0) is 21.7. The van der Waals surface area contributed by atoms with Gasteiger partial charge in [0.05, 0.1) is 28.7 Å². The Morgan fingerprint density at radius 3 is 2.50 bits per heavy atom. The van der Waals surface area contributed by atoms with Gasteiger partial charge in [0.1, 0.15) is 0 Å². The maximum absolute atomic E-state index is 12.3. The fourth-order valence-corrected chi connectivity index (χ4v) is 4.77. The smallest absolute Gasteiger partial charge is 0.246 e. The van der Waals surface area contributed by atoms with E-state index < -0.39 is 10.0 Å². The van der Waals surface area contributed by atoms with Gasteiger partial charge in [-0.2, -0.15) is 0 Å². The molecule has 1 saturated heterocycles. The lowest BCUT2D eigenvalue weighted by atomic mass is 10.2. The van der Waals surface area contributed by atoms with Gasteiger partial charge in [-0.15, -0.1) is 0 Å². The quantitative estimate of drug-likeness (QED) is 0.689. The summed E-state index contributed by atoms with van der Waals surface area (Å²) >= 11 is 6.01. The maximum Gasteiger partial charge on any atom is 0.246 e. The van der Waals surface area contributed by atoms with Gasteiger partial charge in [-0.3, -0.25) is 13.9 Å². The summed E-state index contributed by atoms with van der Waals surface area (Å²) in [5, 5.41) is 3.09. The first kappa shape index (κ1) is 21.9. The fraction of sp³-hybridized carbons (Fsp3) is 0.238. The first-order valence-electron chi connectivity index (χ1n) is 9.34. The average Bonchev–Trinajstić information content (AvgIpc) is 3.07. The van der Waals surface area contributed by atoms with E-state index >= 15 is 0 Å². The summed E-state index contributed by atoms with van der Waals surface area (Å²) in [6, 6.07) is 13.8. The second kappa shape index (κ2) is 9.32. The van der Waals surface area contributed by atoms with Gasteiger partial charge >= 0.3 is 0 Å². The number of carbonyl (C=O) groups excluding carboxylic acids is 2. The van der Waals surface area contributed by atoms with Gasteiger partial charge in [0.15, 0.2) is 0 Å². The van der Waals surface area contributed by atoms with Crippen molar-refractivity contribution in [2.24, 2.45) is 0 Å². The summed E-state index contributed by atoms with van der Waals surface area (Å²) in [5.41, 5.74) is 1.85. The number of hydrogen-bond donors (Lipinski definition) is 1. The molecule has 1 N–H and O–H groups in total. The van der Waals surface area contributed by atoms with Crippen LogP contribution < -0.4 is 9.62 Å². The Hall–Kier alpha value is -2.84. The Balaban J connectivity index is 1.56. The number of anilines is 2. The number of para-hydroxylation sites is 1. The molecule has 1 fully saturated rings. The minimum atomic E-state index is -3.22. The zero-order valence-electron chi connectivity index (χ0n) is 16.4. The van der Waals surface area contributed by atoms with E-state index in [9.17, 15) is 18.0 Å². The molecule has 0 atom stereocenters. The monoisotopic (exact) mass is 447 g/mol. The number of likely N-dealkylation sites (N-methyl/N-ethyl adjacent to an activating group) is 1. The Morgan fingerprint density at radius 2 is 1.87 bits per heavy atom. The van der Waals surface area contributed by atoms with Crippen molar-refractivity contribution in [2.75, 3.05) is 35.5 Å². The van der Waals surface area contributed by atoms with Crippen LogP contribution in [-0.2, 0) is 19.6 Å². The van der Waals surface area contributed by atoms with Crippen LogP contribution in [0.15, 0.2) is 54.6 Å². The SMILES string of the molecule is CN(CC(=O)Nc1ccccc1Cl)C(=O)/C=C/c1ccc(N2CCCS2(=O)=O)cc1. The predicted octanol–water partition coefficient (Wildman–Crippen LogP) is 2.99. The molecule has 158 valence electrons. The van der Waals surface area contributed by atoms with E-state index in [4.69, 9.17) is 11.6 Å². The van der Waals surface area contributed by atoms with E-state index in [1.54, 1.807) is 54.6 Å². The van der Waals surface area contributed by atoms with Crippen LogP contribution in [0.4, 0.5) is 11.4 Å². The van der Waals surface area contributed by atoms with Crippen LogP contribution in [0.5, 0.6) is 0 Å². The molecule has 0 unspecified atom stereocenters. The third-order valence-corrected chi connectivity index (χ3v) is 6.80. The van der Waals surface area contributed by atoms with E-state index in [-0.39, 0.29) is 24.1 Å². The summed E-state index contributed by atoms with van der Waals surface area (Å²) < 4.78 is 25.4. The van der Waals surface area contributed by atoms with Crippen molar-refractivity contribution in [3.63, 3.8) is 0 Å². The first-order chi connectivity index (χ1) is 14.3. The van der Waals surface area contributed by atoms with Crippen LogP contribution in [0.1, 0.15) is 12.0 Å². The molecule has 1 heterocycles. The number of nitrogens with zero attached hydrogens (tertiary/aromatic N) is 2. The molecule has 3 rings (SSSR count). The van der Waals surface area contributed by atoms with Gasteiger partial charge in [-0.25, -0.2) is 8.42 Å². The Kier molecular flexibility index (Phi) is 6.79. The molecule has 0 radical (unpaired) electrons. The van der Waals surface area contributed by atoms with Crippen molar-refractivity contribution < 1.29 is 18.0 Å². The van der Waals surface area contributed by atoms with E-state index in [0.717, 1.165) is 5.56 Å². The van der Waals surface area contributed by atoms with Crippen LogP contribution in [0, 0.1) is 0 Å². The van der Waals surface area contributed by atoms with Gasteiger partial charge in [-0.1, -0.05) is 35.9 Å². The normalized spacial score (nSPS) is 15.3. The highest BCUT2D eigenvalue weighted by Crippen LogP contribution is 2.24. The molecule has 0 aliphatic carbocycles. The van der Waals surface area contributed by atoms with E-state index in [2.05, 4.69) is 5.32 Å². The number of rotatable bonds is 6. The van der Waals surface area contributed by atoms with Gasteiger partial charge < -0.3 is 10.2 Å². The number of hydrogen-bond acceptors (Lipinski definition) is 4. The third-order valence-electron chi connectivity index (χ3n) is 4.60. The lowest BCUT2D eigenvalue weighted by molar-refractivity contribution is -0.129. The van der Waals surface area contributed by atoms with Crippen LogP contribution in [0.25, 0.3) is 6.08 Å². The second-order valence-electron chi connectivity index (χ2n) is 6.89. The van der Waals surface area contributed by atoms with Crippen LogP contribution >= 0.6 is 11.6 Å². The number of amides is 2. The van der Waals surface area contributed by atoms with E-state index in [1.807, 2.05) is 0 Å². The number of benzene rings is 2. The third kappa shape index (κ3) is 5.40. The highest BCUT2D eigenvalue weighted by Gasteiger charge is 2.28. The largest absolute Gasteiger partial charge is 0.333 e. The minimum Gasteiger partial charge on any atom is -0.333 e. The lowest BCUT2D eigenvalue weighted by Crippen LogP contribution is -2.33. The Morgan fingerprint density at radius 1 is 1.17 bits per heavy atom. The summed E-state index contributed by atoms with van der Waals surface area (Å²) in [7, 11) is -1.69. The molecule has 0 saturated carbocycles. The Labute approximate surface area is 181 Å². The fourth-order valence-electron chi connectivity index (χ4n) is 3.02. The van der Waals surface area contributed by atoms with Gasteiger partial charge in [0.25, 0.3) is 0 Å². The van der Waals surface area contributed by atoms with E-state index in [1.165, 1.54) is 22.3 Å². The average molecular weight is 448 g/mol. The van der Waals surface area contributed by atoms with Crippen molar-refractivity contribution in [3.05, 3.63) is 65.2 Å². The molecule has 2 aromatic rings. The van der Waals surface area contributed by atoms with Crippen molar-refractivity contribution in [2.45, 2.75) is 6.42 Å². The molecule has 7 nitrogen and oxygen atoms in total. The van der Waals surface area contributed by atoms with Crippen LogP contribution in [0.2, 0.25) is 5.02 Å². The predicted molar refractivity (Wildman–Crippen MR) is 119 cm³/mol. The summed E-state index contributed by atoms with van der Waals surface area (Å²) in [5.74, 6) is -0.529. The molecule has 0 aromatic heterocycles. The minimum absolute atomic E-state index is 0.125. The van der Waals surface area contributed by atoms with Gasteiger partial charge in [0, 0.05) is 19.7 Å². The summed E-state index contributed by atoms with van der Waals surface area (Å²) in [6.07, 6.45) is 3.60. The number of nitrogens with one attached hydrogen (secondary N) is 1. The lowest BCUT2D eigenvalue weighted by Gasteiger charge is -2.17. The van der Waals surface area contributed by atoms with Gasteiger partial charge in [0.2, 0.25) is 21.8 Å². The molecular weight excluding hydrogens is 426 g/mol. The first-order valence-corrected chi connectivity index (χ1v) is 11.3. The van der Waals surface area contributed by atoms with Crippen LogP contribution in [0.3, 0.4) is 0 Å². The molecular formula is C21H22ClN3O4S. The summed E-state index contributed by atoms with van der Waals surface area (Å²) in [6.45, 7) is 0.358. The highest BCUT2D eigenvalue weighted by atomic mass is 35.5. The maximum atomic E-state index is 12.3. The Bertz CT molecular complexity index is 1070. The molecule has 2 aromatic carbocycles.